The molecule has 0 aliphatic carbocycles. The Balaban J connectivity index is 2.05. The van der Waals surface area contributed by atoms with Crippen LogP contribution in [0.2, 0.25) is 0 Å². The van der Waals surface area contributed by atoms with Gasteiger partial charge in [-0.1, -0.05) is 19.1 Å². The highest BCUT2D eigenvalue weighted by atomic mass is 19.4. The number of hydrogen-bond donors (Lipinski definition) is 2. The summed E-state index contributed by atoms with van der Waals surface area (Å²) in [5.41, 5.74) is 1.99. The molecule has 2 N–H and O–H groups in total. The van der Waals surface area contributed by atoms with E-state index in [4.69, 9.17) is 0 Å². The Labute approximate surface area is 120 Å². The number of pyridine rings is 1. The van der Waals surface area contributed by atoms with E-state index in [1.54, 1.807) is 11.4 Å². The van der Waals surface area contributed by atoms with Crippen LogP contribution in [0.15, 0.2) is 24.4 Å². The molecular formula is C14H16F3N3O. The van der Waals surface area contributed by atoms with Gasteiger partial charge in [-0.2, -0.15) is 13.2 Å². The summed E-state index contributed by atoms with van der Waals surface area (Å²) >= 11 is 0. The molecule has 0 aromatic carbocycles. The third-order valence-corrected chi connectivity index (χ3v) is 3.23. The van der Waals surface area contributed by atoms with Crippen LogP contribution in [0.5, 0.6) is 0 Å². The lowest BCUT2D eigenvalue weighted by Gasteiger charge is -2.21. The molecular weight excluding hydrogens is 283 g/mol. The van der Waals surface area contributed by atoms with E-state index in [-0.39, 0.29) is 5.69 Å². The molecule has 0 radical (unpaired) electrons. The van der Waals surface area contributed by atoms with Crippen molar-refractivity contribution in [2.75, 3.05) is 19.6 Å². The summed E-state index contributed by atoms with van der Waals surface area (Å²) in [6, 6.07) is 3.15. The number of rotatable bonds is 3. The zero-order valence-electron chi connectivity index (χ0n) is 11.5. The summed E-state index contributed by atoms with van der Waals surface area (Å²) in [6.45, 7) is 2.35. The number of nitrogens with zero attached hydrogens (tertiary/aromatic N) is 1. The SMILES string of the molecule is CC1CNCC=C1c1ccc(C(=O)NCC(F)(F)F)nc1. The smallest absolute Gasteiger partial charge is 0.342 e. The van der Waals surface area contributed by atoms with Crippen LogP contribution >= 0.6 is 0 Å². The second-order valence-electron chi connectivity index (χ2n) is 4.95. The predicted octanol–water partition coefficient (Wildman–Crippen LogP) is 2.00. The molecule has 7 heteroatoms. The monoisotopic (exact) mass is 299 g/mol. The van der Waals surface area contributed by atoms with Crippen LogP contribution in [0, 0.1) is 5.92 Å². The Morgan fingerprint density at radius 1 is 1.48 bits per heavy atom. The van der Waals surface area contributed by atoms with Crippen molar-refractivity contribution < 1.29 is 18.0 Å². The summed E-state index contributed by atoms with van der Waals surface area (Å²) in [5.74, 6) is -0.503. The Bertz CT molecular complexity index is 537. The van der Waals surface area contributed by atoms with Gasteiger partial charge in [-0.15, -0.1) is 0 Å². The zero-order chi connectivity index (χ0) is 15.5. The van der Waals surface area contributed by atoms with Crippen molar-refractivity contribution in [3.8, 4) is 0 Å². The van der Waals surface area contributed by atoms with Crippen LogP contribution < -0.4 is 10.6 Å². The highest BCUT2D eigenvalue weighted by Crippen LogP contribution is 2.24. The minimum Gasteiger partial charge on any atom is -0.342 e. The van der Waals surface area contributed by atoms with Crippen LogP contribution in [0.3, 0.4) is 0 Å². The summed E-state index contributed by atoms with van der Waals surface area (Å²) in [4.78, 5) is 15.5. The maximum Gasteiger partial charge on any atom is 0.405 e. The normalized spacial score (nSPS) is 19.0. The molecule has 2 heterocycles. The lowest BCUT2D eigenvalue weighted by Crippen LogP contribution is -2.34. The first-order valence-corrected chi connectivity index (χ1v) is 6.59. The summed E-state index contributed by atoms with van der Waals surface area (Å²) in [5, 5.41) is 5.02. The highest BCUT2D eigenvalue weighted by Gasteiger charge is 2.28. The minimum absolute atomic E-state index is 0.0230. The van der Waals surface area contributed by atoms with Gasteiger partial charge in [0.15, 0.2) is 0 Å². The third kappa shape index (κ3) is 4.29. The molecule has 0 saturated carbocycles. The van der Waals surface area contributed by atoms with Crippen molar-refractivity contribution in [2.45, 2.75) is 13.1 Å². The standard InChI is InChI=1S/C14H16F3N3O/c1-9-6-18-5-4-11(9)10-2-3-12(19-7-10)13(21)20-8-14(15,16)17/h2-4,7,9,18H,5-6,8H2,1H3,(H,20,21). The highest BCUT2D eigenvalue weighted by molar-refractivity contribution is 5.92. The number of halogens is 3. The molecule has 1 atom stereocenters. The molecule has 0 bridgehead atoms. The van der Waals surface area contributed by atoms with Gasteiger partial charge in [-0.05, 0) is 23.1 Å². The van der Waals surface area contributed by atoms with Crippen molar-refractivity contribution in [3.63, 3.8) is 0 Å². The molecule has 21 heavy (non-hydrogen) atoms. The van der Waals surface area contributed by atoms with E-state index in [9.17, 15) is 18.0 Å². The van der Waals surface area contributed by atoms with E-state index < -0.39 is 18.6 Å². The molecule has 0 fully saturated rings. The summed E-state index contributed by atoms with van der Waals surface area (Å²) in [6.07, 6.45) is -0.852. The summed E-state index contributed by atoms with van der Waals surface area (Å²) < 4.78 is 36.1. The van der Waals surface area contributed by atoms with Crippen molar-refractivity contribution in [3.05, 3.63) is 35.7 Å². The molecule has 0 spiro atoms. The van der Waals surface area contributed by atoms with Crippen LogP contribution in [0.1, 0.15) is 23.0 Å². The van der Waals surface area contributed by atoms with Gasteiger partial charge in [0.1, 0.15) is 12.2 Å². The van der Waals surface area contributed by atoms with Crippen molar-refractivity contribution in [1.29, 1.82) is 0 Å². The van der Waals surface area contributed by atoms with Crippen LogP contribution in [-0.4, -0.2) is 36.7 Å². The number of amides is 1. The van der Waals surface area contributed by atoms with E-state index in [0.29, 0.717) is 5.92 Å². The lowest BCUT2D eigenvalue weighted by molar-refractivity contribution is -0.123. The largest absolute Gasteiger partial charge is 0.405 e. The second-order valence-corrected chi connectivity index (χ2v) is 4.95. The topological polar surface area (TPSA) is 54.0 Å². The molecule has 2 rings (SSSR count). The Morgan fingerprint density at radius 2 is 2.24 bits per heavy atom. The average Bonchev–Trinajstić information content (AvgIpc) is 2.45. The van der Waals surface area contributed by atoms with E-state index in [2.05, 4.69) is 23.3 Å². The van der Waals surface area contributed by atoms with Crippen LogP contribution in [-0.2, 0) is 0 Å². The fraction of sp³-hybridized carbons (Fsp3) is 0.429. The second kappa shape index (κ2) is 6.26. The molecule has 1 amide bonds. The van der Waals surface area contributed by atoms with Gasteiger partial charge in [0.25, 0.3) is 5.91 Å². The molecule has 0 saturated heterocycles. The van der Waals surface area contributed by atoms with Gasteiger partial charge in [-0.25, -0.2) is 0 Å². The van der Waals surface area contributed by atoms with Crippen LogP contribution in [0.4, 0.5) is 13.2 Å². The molecule has 1 aliphatic rings. The number of carbonyl (C=O) groups excluding carboxylic acids is 1. The van der Waals surface area contributed by atoms with Gasteiger partial charge in [-0.3, -0.25) is 9.78 Å². The van der Waals surface area contributed by atoms with E-state index >= 15 is 0 Å². The average molecular weight is 299 g/mol. The van der Waals surface area contributed by atoms with Gasteiger partial charge < -0.3 is 10.6 Å². The van der Waals surface area contributed by atoms with Crippen molar-refractivity contribution in [2.24, 2.45) is 5.92 Å². The molecule has 4 nitrogen and oxygen atoms in total. The summed E-state index contributed by atoms with van der Waals surface area (Å²) in [7, 11) is 0. The van der Waals surface area contributed by atoms with Gasteiger partial charge >= 0.3 is 6.18 Å². The fourth-order valence-electron chi connectivity index (χ4n) is 2.17. The number of alkyl halides is 3. The number of aromatic nitrogens is 1. The molecule has 1 aromatic heterocycles. The first kappa shape index (κ1) is 15.5. The number of hydrogen-bond acceptors (Lipinski definition) is 3. The first-order valence-electron chi connectivity index (χ1n) is 6.59. The zero-order valence-corrected chi connectivity index (χ0v) is 11.5. The van der Waals surface area contributed by atoms with Crippen molar-refractivity contribution >= 4 is 11.5 Å². The molecule has 1 aromatic rings. The fourth-order valence-corrected chi connectivity index (χ4v) is 2.17. The Hall–Kier alpha value is -1.89. The molecule has 1 unspecified atom stereocenters. The number of carbonyl (C=O) groups is 1. The molecule has 114 valence electrons. The maximum absolute atomic E-state index is 12.0. The lowest BCUT2D eigenvalue weighted by atomic mass is 9.92. The minimum atomic E-state index is -4.43. The van der Waals surface area contributed by atoms with E-state index in [1.165, 1.54) is 12.3 Å². The van der Waals surface area contributed by atoms with Gasteiger partial charge in [0.05, 0.1) is 0 Å². The van der Waals surface area contributed by atoms with Crippen LogP contribution in [0.25, 0.3) is 5.57 Å². The van der Waals surface area contributed by atoms with Crippen molar-refractivity contribution in [1.82, 2.24) is 15.6 Å². The first-order chi connectivity index (χ1) is 9.87. The number of nitrogens with one attached hydrogen (secondary N) is 2. The van der Waals surface area contributed by atoms with Gasteiger partial charge in [0, 0.05) is 19.3 Å². The Morgan fingerprint density at radius 3 is 2.81 bits per heavy atom. The third-order valence-electron chi connectivity index (χ3n) is 3.23. The predicted molar refractivity (Wildman–Crippen MR) is 72.6 cm³/mol. The maximum atomic E-state index is 12.0. The van der Waals surface area contributed by atoms with E-state index in [0.717, 1.165) is 24.2 Å². The molecule has 1 aliphatic heterocycles. The van der Waals surface area contributed by atoms with E-state index in [1.807, 2.05) is 0 Å². The van der Waals surface area contributed by atoms with Gasteiger partial charge in [0.2, 0.25) is 0 Å². The Kier molecular flexibility index (Phi) is 4.62. The quantitative estimate of drug-likeness (QED) is 0.897.